The van der Waals surface area contributed by atoms with Gasteiger partial charge in [-0.05, 0) is 24.1 Å². The first-order valence-electron chi connectivity index (χ1n) is 5.49. The van der Waals surface area contributed by atoms with E-state index in [4.69, 9.17) is 21.1 Å². The maximum absolute atomic E-state index is 11.8. The largest absolute Gasteiger partial charge is 0.493 e. The lowest BCUT2D eigenvalue weighted by molar-refractivity contribution is 0.0843. The fraction of sp³-hybridized carbons (Fsp3) is 0.462. The number of halogens is 1. The molecule has 1 aromatic carbocycles. The topological polar surface area (TPSA) is 35.5 Å². The normalized spacial score (nSPS) is 10.6. The highest BCUT2D eigenvalue weighted by atomic mass is 35.5. The Labute approximate surface area is 107 Å². The first kappa shape index (κ1) is 14.0. The van der Waals surface area contributed by atoms with Crippen molar-refractivity contribution in [3.63, 3.8) is 0 Å². The fourth-order valence-corrected chi connectivity index (χ4v) is 1.48. The lowest BCUT2D eigenvalue weighted by Crippen LogP contribution is -2.12. The molecule has 0 saturated carbocycles. The van der Waals surface area contributed by atoms with E-state index in [0.29, 0.717) is 28.9 Å². The van der Waals surface area contributed by atoms with Crippen LogP contribution >= 0.6 is 11.6 Å². The molecule has 0 atom stereocenters. The van der Waals surface area contributed by atoms with Crippen molar-refractivity contribution in [3.8, 4) is 5.75 Å². The molecule has 0 amide bonds. The molecule has 0 saturated heterocycles. The number of hydrogen-bond acceptors (Lipinski definition) is 3. The molecule has 0 aliphatic rings. The van der Waals surface area contributed by atoms with Crippen LogP contribution in [0.5, 0.6) is 5.75 Å². The van der Waals surface area contributed by atoms with Gasteiger partial charge in [-0.3, -0.25) is 4.79 Å². The molecule has 4 heteroatoms. The number of methoxy groups -OCH3 is 1. The van der Waals surface area contributed by atoms with Gasteiger partial charge in [0.1, 0.15) is 12.4 Å². The molecule has 0 spiro atoms. The summed E-state index contributed by atoms with van der Waals surface area (Å²) in [6.45, 7) is 4.69. The quantitative estimate of drug-likeness (QED) is 0.734. The molecule has 3 nitrogen and oxygen atoms in total. The van der Waals surface area contributed by atoms with Crippen LogP contribution in [0, 0.1) is 5.92 Å². The van der Waals surface area contributed by atoms with Gasteiger partial charge in [-0.25, -0.2) is 0 Å². The lowest BCUT2D eigenvalue weighted by atomic mass is 10.1. The third-order valence-corrected chi connectivity index (χ3v) is 2.32. The van der Waals surface area contributed by atoms with Crippen molar-refractivity contribution in [2.75, 3.05) is 20.3 Å². The molecular weight excluding hydrogens is 240 g/mol. The number of ketones is 1. The minimum Gasteiger partial charge on any atom is -0.493 e. The summed E-state index contributed by atoms with van der Waals surface area (Å²) in [5, 5.41) is 0.515. The SMILES string of the molecule is COCC(=O)c1cc(Cl)ccc1OCC(C)C. The number of ether oxygens (including phenoxy) is 2. The second kappa shape index (κ2) is 6.62. The number of hydrogen-bond donors (Lipinski definition) is 0. The molecule has 1 rings (SSSR count). The van der Waals surface area contributed by atoms with Crippen LogP contribution in [0.3, 0.4) is 0 Å². The average Bonchev–Trinajstić information content (AvgIpc) is 2.27. The summed E-state index contributed by atoms with van der Waals surface area (Å²) in [7, 11) is 1.48. The maximum atomic E-state index is 11.8. The van der Waals surface area contributed by atoms with Crippen molar-refractivity contribution in [3.05, 3.63) is 28.8 Å². The van der Waals surface area contributed by atoms with Crippen molar-refractivity contribution in [1.29, 1.82) is 0 Å². The zero-order chi connectivity index (χ0) is 12.8. The van der Waals surface area contributed by atoms with Crippen molar-refractivity contribution in [2.24, 2.45) is 5.92 Å². The van der Waals surface area contributed by atoms with Crippen LogP contribution < -0.4 is 4.74 Å². The van der Waals surface area contributed by atoms with Crippen LogP contribution in [0.25, 0.3) is 0 Å². The Bertz CT molecular complexity index is 388. The summed E-state index contributed by atoms with van der Waals surface area (Å²) in [6.07, 6.45) is 0. The van der Waals surface area contributed by atoms with Gasteiger partial charge in [-0.15, -0.1) is 0 Å². The summed E-state index contributed by atoms with van der Waals surface area (Å²) in [5.74, 6) is 0.829. The van der Waals surface area contributed by atoms with E-state index in [-0.39, 0.29) is 12.4 Å². The maximum Gasteiger partial charge on any atom is 0.192 e. The van der Waals surface area contributed by atoms with E-state index in [1.807, 2.05) is 13.8 Å². The highest BCUT2D eigenvalue weighted by Crippen LogP contribution is 2.24. The number of Topliss-reactive ketones (excluding diaryl/α,β-unsaturated/α-hetero) is 1. The van der Waals surface area contributed by atoms with Crippen LogP contribution in [0.4, 0.5) is 0 Å². The van der Waals surface area contributed by atoms with Gasteiger partial charge in [0.15, 0.2) is 5.78 Å². The monoisotopic (exact) mass is 256 g/mol. The predicted molar refractivity (Wildman–Crippen MR) is 68.0 cm³/mol. The summed E-state index contributed by atoms with van der Waals surface area (Å²) in [4.78, 5) is 11.8. The van der Waals surface area contributed by atoms with Crippen LogP contribution in [0.2, 0.25) is 5.02 Å². The molecule has 0 aliphatic heterocycles. The molecule has 1 aromatic rings. The Balaban J connectivity index is 2.91. The smallest absolute Gasteiger partial charge is 0.192 e. The van der Waals surface area contributed by atoms with E-state index < -0.39 is 0 Å². The molecule has 0 heterocycles. The average molecular weight is 257 g/mol. The first-order chi connectivity index (χ1) is 8.04. The van der Waals surface area contributed by atoms with Gasteiger partial charge < -0.3 is 9.47 Å². The zero-order valence-corrected chi connectivity index (χ0v) is 11.1. The summed E-state index contributed by atoms with van der Waals surface area (Å²) in [5.41, 5.74) is 0.472. The van der Waals surface area contributed by atoms with Gasteiger partial charge >= 0.3 is 0 Å². The number of benzene rings is 1. The molecule has 0 aliphatic carbocycles. The van der Waals surface area contributed by atoms with Gasteiger partial charge in [0.2, 0.25) is 0 Å². The van der Waals surface area contributed by atoms with Gasteiger partial charge in [0.25, 0.3) is 0 Å². The Morgan fingerprint density at radius 1 is 1.41 bits per heavy atom. The van der Waals surface area contributed by atoms with E-state index >= 15 is 0 Å². The summed E-state index contributed by atoms with van der Waals surface area (Å²) >= 11 is 5.88. The Kier molecular flexibility index (Phi) is 5.45. The third kappa shape index (κ3) is 4.36. The van der Waals surface area contributed by atoms with E-state index in [2.05, 4.69) is 0 Å². The Hall–Kier alpha value is -1.06. The minimum atomic E-state index is -0.131. The molecule has 0 unspecified atom stereocenters. The molecule has 17 heavy (non-hydrogen) atoms. The molecule has 94 valence electrons. The molecule has 0 aromatic heterocycles. The molecule has 0 bridgehead atoms. The zero-order valence-electron chi connectivity index (χ0n) is 10.3. The second-order valence-electron chi connectivity index (χ2n) is 4.20. The van der Waals surface area contributed by atoms with Crippen LogP contribution in [0.15, 0.2) is 18.2 Å². The van der Waals surface area contributed by atoms with E-state index in [9.17, 15) is 4.79 Å². The summed E-state index contributed by atoms with van der Waals surface area (Å²) in [6, 6.07) is 5.03. The van der Waals surface area contributed by atoms with Crippen molar-refractivity contribution in [2.45, 2.75) is 13.8 Å². The molecule has 0 radical (unpaired) electrons. The van der Waals surface area contributed by atoms with Gasteiger partial charge in [0.05, 0.1) is 12.2 Å². The number of rotatable bonds is 6. The van der Waals surface area contributed by atoms with Gasteiger partial charge in [-0.2, -0.15) is 0 Å². The fourth-order valence-electron chi connectivity index (χ4n) is 1.31. The van der Waals surface area contributed by atoms with Crippen molar-refractivity contribution >= 4 is 17.4 Å². The number of carbonyl (C=O) groups excluding carboxylic acids is 1. The number of carbonyl (C=O) groups is 1. The van der Waals surface area contributed by atoms with E-state index in [1.54, 1.807) is 18.2 Å². The highest BCUT2D eigenvalue weighted by Gasteiger charge is 2.13. The van der Waals surface area contributed by atoms with Crippen molar-refractivity contribution in [1.82, 2.24) is 0 Å². The summed E-state index contributed by atoms with van der Waals surface area (Å²) < 4.78 is 10.4. The molecule has 0 fully saturated rings. The molecule has 0 N–H and O–H groups in total. The third-order valence-electron chi connectivity index (χ3n) is 2.09. The lowest BCUT2D eigenvalue weighted by Gasteiger charge is -2.12. The van der Waals surface area contributed by atoms with E-state index in [0.717, 1.165) is 0 Å². The van der Waals surface area contributed by atoms with Gasteiger partial charge in [0, 0.05) is 12.1 Å². The first-order valence-corrected chi connectivity index (χ1v) is 5.87. The highest BCUT2D eigenvalue weighted by molar-refractivity contribution is 6.31. The van der Waals surface area contributed by atoms with Crippen LogP contribution in [-0.2, 0) is 4.74 Å². The van der Waals surface area contributed by atoms with E-state index in [1.165, 1.54) is 7.11 Å². The Morgan fingerprint density at radius 2 is 2.12 bits per heavy atom. The van der Waals surface area contributed by atoms with Crippen LogP contribution in [-0.4, -0.2) is 26.1 Å². The standard InChI is InChI=1S/C13H17ClO3/c1-9(2)7-17-13-5-4-10(14)6-11(13)12(15)8-16-3/h4-6,9H,7-8H2,1-3H3. The predicted octanol–water partition coefficient (Wildman–Crippen LogP) is 3.20. The Morgan fingerprint density at radius 3 is 2.71 bits per heavy atom. The minimum absolute atomic E-state index is 0.0262. The second-order valence-corrected chi connectivity index (χ2v) is 4.64. The van der Waals surface area contributed by atoms with Gasteiger partial charge in [-0.1, -0.05) is 25.4 Å². The van der Waals surface area contributed by atoms with Crippen molar-refractivity contribution < 1.29 is 14.3 Å². The van der Waals surface area contributed by atoms with Crippen LogP contribution in [0.1, 0.15) is 24.2 Å². The molecular formula is C13H17ClO3.